The average Bonchev–Trinajstić information content (AvgIpc) is 2.93. The van der Waals surface area contributed by atoms with Gasteiger partial charge >= 0.3 is 12.3 Å². The second kappa shape index (κ2) is 16.7. The van der Waals surface area contributed by atoms with Crippen molar-refractivity contribution < 1.29 is 28.5 Å². The molecule has 0 bridgehead atoms. The van der Waals surface area contributed by atoms with E-state index >= 15 is 0 Å². The zero-order valence-corrected chi connectivity index (χ0v) is 24.8. The fourth-order valence-corrected chi connectivity index (χ4v) is 5.12. The molecule has 0 saturated heterocycles. The summed E-state index contributed by atoms with van der Waals surface area (Å²) in [4.78, 5) is 25.5. The van der Waals surface area contributed by atoms with Crippen LogP contribution in [-0.2, 0) is 9.47 Å². The summed E-state index contributed by atoms with van der Waals surface area (Å²) in [5, 5.41) is 2.72. The number of fused-ring (bicyclic) bond motifs is 2. The molecule has 0 spiro atoms. The Morgan fingerprint density at radius 2 is 1.07 bits per heavy atom. The minimum atomic E-state index is -0.730. The number of rotatable bonds is 16. The summed E-state index contributed by atoms with van der Waals surface area (Å²) in [6.45, 7) is 8.97. The van der Waals surface area contributed by atoms with Crippen molar-refractivity contribution in [2.24, 2.45) is 0 Å². The molecule has 0 heterocycles. The van der Waals surface area contributed by atoms with Crippen LogP contribution in [0.25, 0.3) is 21.5 Å². The predicted molar refractivity (Wildman–Crippen MR) is 162 cm³/mol. The van der Waals surface area contributed by atoms with Gasteiger partial charge in [-0.1, -0.05) is 114 Å². The van der Waals surface area contributed by atoms with E-state index in [4.69, 9.17) is 18.9 Å². The highest BCUT2D eigenvalue weighted by molar-refractivity contribution is 6.13. The molecular formula is C34H46O6. The average molecular weight is 551 g/mol. The quantitative estimate of drug-likeness (QED) is 0.0764. The van der Waals surface area contributed by atoms with E-state index in [0.717, 1.165) is 49.7 Å². The lowest BCUT2D eigenvalue weighted by molar-refractivity contribution is 0.0965. The van der Waals surface area contributed by atoms with E-state index < -0.39 is 12.3 Å². The molecule has 3 aromatic carbocycles. The third kappa shape index (κ3) is 9.14. The van der Waals surface area contributed by atoms with Gasteiger partial charge in [-0.2, -0.15) is 0 Å². The van der Waals surface area contributed by atoms with Gasteiger partial charge < -0.3 is 18.9 Å². The van der Waals surface area contributed by atoms with E-state index in [1.54, 1.807) is 0 Å². The van der Waals surface area contributed by atoms with Gasteiger partial charge in [0.25, 0.3) is 0 Å². The minimum Gasteiger partial charge on any atom is -0.434 e. The monoisotopic (exact) mass is 550 g/mol. The van der Waals surface area contributed by atoms with E-state index in [0.29, 0.717) is 46.3 Å². The first-order valence-corrected chi connectivity index (χ1v) is 15.1. The Labute approximate surface area is 239 Å². The second-order valence-electron chi connectivity index (χ2n) is 10.6. The van der Waals surface area contributed by atoms with Crippen LogP contribution < -0.4 is 9.47 Å². The van der Waals surface area contributed by atoms with Crippen molar-refractivity contribution in [2.45, 2.75) is 105 Å². The van der Waals surface area contributed by atoms with Crippen LogP contribution in [0.15, 0.2) is 36.4 Å². The van der Waals surface area contributed by atoms with Crippen molar-refractivity contribution in [1.29, 1.82) is 0 Å². The van der Waals surface area contributed by atoms with E-state index in [-0.39, 0.29) is 0 Å². The van der Waals surface area contributed by atoms with Crippen molar-refractivity contribution in [3.63, 3.8) is 0 Å². The number of carbonyl (C=O) groups excluding carboxylic acids is 2. The lowest BCUT2D eigenvalue weighted by Gasteiger charge is -2.18. The zero-order valence-electron chi connectivity index (χ0n) is 24.8. The Morgan fingerprint density at radius 1 is 0.600 bits per heavy atom. The van der Waals surface area contributed by atoms with Gasteiger partial charge in [0.2, 0.25) is 0 Å². The maximum absolute atomic E-state index is 12.8. The first-order chi connectivity index (χ1) is 19.5. The van der Waals surface area contributed by atoms with E-state index in [2.05, 4.69) is 13.8 Å². The number of hydrogen-bond donors (Lipinski definition) is 0. The van der Waals surface area contributed by atoms with Crippen molar-refractivity contribution in [3.05, 3.63) is 47.5 Å². The molecule has 0 aliphatic carbocycles. The van der Waals surface area contributed by atoms with E-state index in [9.17, 15) is 9.59 Å². The molecule has 0 unspecified atom stereocenters. The van der Waals surface area contributed by atoms with E-state index in [1.807, 2.05) is 50.2 Å². The SMILES string of the molecule is CCCCCCCCOC(=O)Oc1c2ccccc2c(OC(=O)OCCCCCCCC)c2c(C)cc(C)cc12. The Balaban J connectivity index is 1.79. The first kappa shape index (κ1) is 31.3. The molecule has 0 radical (unpaired) electrons. The van der Waals surface area contributed by atoms with Crippen molar-refractivity contribution in [3.8, 4) is 11.5 Å². The summed E-state index contributed by atoms with van der Waals surface area (Å²) in [6, 6.07) is 11.4. The molecule has 218 valence electrons. The molecule has 6 heteroatoms. The maximum atomic E-state index is 12.8. The Hall–Kier alpha value is -3.28. The minimum absolute atomic E-state index is 0.324. The molecule has 0 fully saturated rings. The molecule has 3 aromatic rings. The van der Waals surface area contributed by atoms with E-state index in [1.165, 1.54) is 38.5 Å². The maximum Gasteiger partial charge on any atom is 0.513 e. The van der Waals surface area contributed by atoms with Gasteiger partial charge in [-0.25, -0.2) is 9.59 Å². The third-order valence-corrected chi connectivity index (χ3v) is 7.17. The fourth-order valence-electron chi connectivity index (χ4n) is 5.12. The van der Waals surface area contributed by atoms with Gasteiger partial charge in [0.15, 0.2) is 5.75 Å². The van der Waals surface area contributed by atoms with Gasteiger partial charge in [0.1, 0.15) is 5.75 Å². The van der Waals surface area contributed by atoms with Crippen LogP contribution >= 0.6 is 0 Å². The molecule has 6 nitrogen and oxygen atoms in total. The summed E-state index contributed by atoms with van der Waals surface area (Å²) >= 11 is 0. The Kier molecular flexibility index (Phi) is 13.1. The van der Waals surface area contributed by atoms with Gasteiger partial charge in [-0.3, -0.25) is 0 Å². The molecule has 40 heavy (non-hydrogen) atoms. The lowest BCUT2D eigenvalue weighted by atomic mass is 9.96. The van der Waals surface area contributed by atoms with Crippen LogP contribution in [0.2, 0.25) is 0 Å². The molecule has 0 saturated carbocycles. The number of benzene rings is 3. The largest absolute Gasteiger partial charge is 0.513 e. The molecular weight excluding hydrogens is 504 g/mol. The first-order valence-electron chi connectivity index (χ1n) is 15.1. The van der Waals surface area contributed by atoms with Gasteiger partial charge in [0, 0.05) is 21.5 Å². The number of unbranched alkanes of at least 4 members (excludes halogenated alkanes) is 10. The molecule has 3 rings (SSSR count). The standard InChI is InChI=1S/C34H46O6/c1-5-7-9-11-13-17-21-37-33(35)39-31-27-19-15-16-20-28(27)32(30-26(4)23-25(3)24-29(30)31)40-34(36)38-22-18-14-12-10-8-6-2/h15-16,19-20,23-24H,5-14,17-18,21-22H2,1-4H3. The summed E-state index contributed by atoms with van der Waals surface area (Å²) in [5.41, 5.74) is 1.91. The van der Waals surface area contributed by atoms with Crippen LogP contribution in [0.3, 0.4) is 0 Å². The Bertz CT molecular complexity index is 1250. The molecule has 0 aliphatic rings. The molecule has 0 atom stereocenters. The molecule has 0 N–H and O–H groups in total. The number of ether oxygens (including phenoxy) is 4. The lowest BCUT2D eigenvalue weighted by Crippen LogP contribution is -2.14. The normalized spacial score (nSPS) is 11.1. The summed E-state index contributed by atoms with van der Waals surface area (Å²) in [6.07, 6.45) is 11.8. The van der Waals surface area contributed by atoms with Gasteiger partial charge in [0.05, 0.1) is 13.2 Å². The Morgan fingerprint density at radius 3 is 1.62 bits per heavy atom. The van der Waals surface area contributed by atoms with Crippen LogP contribution in [0.1, 0.15) is 102 Å². The number of hydrogen-bond acceptors (Lipinski definition) is 6. The zero-order chi connectivity index (χ0) is 28.7. The topological polar surface area (TPSA) is 71.1 Å². The van der Waals surface area contributed by atoms with Crippen molar-refractivity contribution in [1.82, 2.24) is 0 Å². The predicted octanol–water partition coefficient (Wildman–Crippen LogP) is 10.4. The fraction of sp³-hybridized carbons (Fsp3) is 0.529. The molecule has 0 aliphatic heterocycles. The van der Waals surface area contributed by atoms with Crippen LogP contribution in [0.4, 0.5) is 9.59 Å². The third-order valence-electron chi connectivity index (χ3n) is 7.17. The number of carbonyl (C=O) groups is 2. The van der Waals surface area contributed by atoms with Crippen molar-refractivity contribution in [2.75, 3.05) is 13.2 Å². The molecule has 0 amide bonds. The summed E-state index contributed by atoms with van der Waals surface area (Å²) in [7, 11) is 0. The highest BCUT2D eigenvalue weighted by Crippen LogP contribution is 2.44. The van der Waals surface area contributed by atoms with Crippen LogP contribution in [0, 0.1) is 13.8 Å². The van der Waals surface area contributed by atoms with Gasteiger partial charge in [-0.05, 0) is 38.3 Å². The summed E-state index contributed by atoms with van der Waals surface area (Å²) in [5.74, 6) is 0.807. The summed E-state index contributed by atoms with van der Waals surface area (Å²) < 4.78 is 22.5. The van der Waals surface area contributed by atoms with Crippen molar-refractivity contribution >= 4 is 33.9 Å². The van der Waals surface area contributed by atoms with Gasteiger partial charge in [-0.15, -0.1) is 0 Å². The smallest absolute Gasteiger partial charge is 0.434 e. The highest BCUT2D eigenvalue weighted by Gasteiger charge is 2.22. The molecule has 0 aromatic heterocycles. The van der Waals surface area contributed by atoms with Crippen LogP contribution in [-0.4, -0.2) is 25.5 Å². The number of aryl methyl sites for hydroxylation is 2. The van der Waals surface area contributed by atoms with Crippen LogP contribution in [0.5, 0.6) is 11.5 Å². The highest BCUT2D eigenvalue weighted by atomic mass is 16.7. The second-order valence-corrected chi connectivity index (χ2v) is 10.6.